The molecule has 0 aromatic heterocycles. The number of rotatable bonds is 6. The van der Waals surface area contributed by atoms with E-state index >= 15 is 0 Å². The molecule has 64 heavy (non-hydrogen) atoms. The first-order valence-electron chi connectivity index (χ1n) is 22.2. The van der Waals surface area contributed by atoms with E-state index in [9.17, 15) is 0 Å². The molecular formula is C64H40. The summed E-state index contributed by atoms with van der Waals surface area (Å²) < 4.78 is 0. The monoisotopic (exact) mass is 808 g/mol. The largest absolute Gasteiger partial charge is 0.0622 e. The van der Waals surface area contributed by atoms with Crippen molar-refractivity contribution in [3.05, 3.63) is 243 Å². The lowest BCUT2D eigenvalue weighted by Gasteiger charge is -2.21. The SMILES string of the molecule is c1ccc(-c2cc3ccccc3cc2-c2ccc3c(c2)c(-c2ccccc2)c(-c2ccccc2)c2cc(-c4ccc(-c5cc6cccc7ccc8cccc5c8c76)cc4)ccc23)cc1. The molecular weight excluding hydrogens is 769 g/mol. The summed E-state index contributed by atoms with van der Waals surface area (Å²) in [6.45, 7) is 0. The molecule has 0 radical (unpaired) electrons. The minimum absolute atomic E-state index is 1.20. The van der Waals surface area contributed by atoms with Gasteiger partial charge in [0.1, 0.15) is 0 Å². The van der Waals surface area contributed by atoms with Crippen molar-refractivity contribution >= 4 is 64.6 Å². The van der Waals surface area contributed by atoms with Crippen molar-refractivity contribution < 1.29 is 0 Å². The second kappa shape index (κ2) is 14.7. The van der Waals surface area contributed by atoms with E-state index in [1.165, 1.54) is 131 Å². The molecule has 0 spiro atoms. The summed E-state index contributed by atoms with van der Waals surface area (Å²) in [4.78, 5) is 0. The van der Waals surface area contributed by atoms with Gasteiger partial charge in [0.25, 0.3) is 0 Å². The Kier molecular flexibility index (Phi) is 8.32. The fraction of sp³-hybridized carbons (Fsp3) is 0. The van der Waals surface area contributed by atoms with E-state index in [2.05, 4.69) is 243 Å². The predicted octanol–water partition coefficient (Wildman–Crippen LogP) is 18.0. The topological polar surface area (TPSA) is 0 Å². The maximum atomic E-state index is 2.45. The van der Waals surface area contributed by atoms with E-state index in [1.807, 2.05) is 0 Å². The van der Waals surface area contributed by atoms with E-state index in [0.29, 0.717) is 0 Å². The number of hydrogen-bond donors (Lipinski definition) is 0. The molecule has 0 unspecified atom stereocenters. The molecule has 0 bridgehead atoms. The highest BCUT2D eigenvalue weighted by atomic mass is 14.2. The molecule has 0 N–H and O–H groups in total. The lowest BCUT2D eigenvalue weighted by atomic mass is 9.82. The van der Waals surface area contributed by atoms with Gasteiger partial charge in [-0.25, -0.2) is 0 Å². The van der Waals surface area contributed by atoms with Crippen molar-refractivity contribution in [3.8, 4) is 66.8 Å². The first-order valence-corrected chi connectivity index (χ1v) is 22.2. The fourth-order valence-corrected chi connectivity index (χ4v) is 10.6. The van der Waals surface area contributed by atoms with Crippen LogP contribution in [0.2, 0.25) is 0 Å². The predicted molar refractivity (Wildman–Crippen MR) is 275 cm³/mol. The third-order valence-corrected chi connectivity index (χ3v) is 13.6. The van der Waals surface area contributed by atoms with Crippen LogP contribution in [0.5, 0.6) is 0 Å². The Labute approximate surface area is 372 Å². The average molecular weight is 809 g/mol. The Morgan fingerprint density at radius 3 is 1.22 bits per heavy atom. The lowest BCUT2D eigenvalue weighted by molar-refractivity contribution is 1.60. The summed E-state index contributed by atoms with van der Waals surface area (Å²) in [5.41, 5.74) is 14.7. The van der Waals surface area contributed by atoms with Gasteiger partial charge in [0, 0.05) is 0 Å². The summed E-state index contributed by atoms with van der Waals surface area (Å²) in [6.07, 6.45) is 0. The van der Waals surface area contributed by atoms with Gasteiger partial charge in [-0.1, -0.05) is 212 Å². The number of benzene rings is 13. The van der Waals surface area contributed by atoms with Crippen LogP contribution in [0.15, 0.2) is 243 Å². The van der Waals surface area contributed by atoms with Crippen LogP contribution in [0.25, 0.3) is 131 Å². The molecule has 0 nitrogen and oxygen atoms in total. The minimum atomic E-state index is 1.20. The molecule has 13 rings (SSSR count). The molecule has 13 aromatic carbocycles. The molecule has 13 aromatic rings. The molecule has 0 heteroatoms. The zero-order valence-electron chi connectivity index (χ0n) is 35.1. The molecule has 0 amide bonds. The Bertz CT molecular complexity index is 3900. The lowest BCUT2D eigenvalue weighted by Crippen LogP contribution is -1.94. The first kappa shape index (κ1) is 36.3. The third-order valence-electron chi connectivity index (χ3n) is 13.6. The summed E-state index contributed by atoms with van der Waals surface area (Å²) in [5, 5.41) is 15.3. The van der Waals surface area contributed by atoms with Gasteiger partial charge in [0.15, 0.2) is 0 Å². The van der Waals surface area contributed by atoms with E-state index in [1.54, 1.807) is 0 Å². The molecule has 0 heterocycles. The third kappa shape index (κ3) is 5.84. The smallest absolute Gasteiger partial charge is 0.00201 e. The van der Waals surface area contributed by atoms with Gasteiger partial charge in [0.05, 0.1) is 0 Å². The number of fused-ring (bicyclic) bond motifs is 4. The van der Waals surface area contributed by atoms with Crippen molar-refractivity contribution in [1.29, 1.82) is 0 Å². The van der Waals surface area contributed by atoms with Gasteiger partial charge in [-0.15, -0.1) is 0 Å². The van der Waals surface area contributed by atoms with Gasteiger partial charge >= 0.3 is 0 Å². The van der Waals surface area contributed by atoms with Gasteiger partial charge < -0.3 is 0 Å². The van der Waals surface area contributed by atoms with Gasteiger partial charge in [-0.05, 0) is 162 Å². The van der Waals surface area contributed by atoms with Crippen LogP contribution in [0.3, 0.4) is 0 Å². The Morgan fingerprint density at radius 2 is 0.594 bits per heavy atom. The highest BCUT2D eigenvalue weighted by molar-refractivity contribution is 6.26. The van der Waals surface area contributed by atoms with Crippen molar-refractivity contribution in [3.63, 3.8) is 0 Å². The molecule has 0 atom stereocenters. The summed E-state index contributed by atoms with van der Waals surface area (Å²) in [6, 6.07) is 90.0. The normalized spacial score (nSPS) is 11.8. The van der Waals surface area contributed by atoms with E-state index in [4.69, 9.17) is 0 Å². The minimum Gasteiger partial charge on any atom is -0.0622 e. The van der Waals surface area contributed by atoms with Crippen LogP contribution in [0.1, 0.15) is 0 Å². The van der Waals surface area contributed by atoms with Gasteiger partial charge in [-0.3, -0.25) is 0 Å². The Hall–Kier alpha value is -8.32. The molecule has 0 fully saturated rings. The summed E-state index contributed by atoms with van der Waals surface area (Å²) in [7, 11) is 0. The average Bonchev–Trinajstić information content (AvgIpc) is 3.37. The van der Waals surface area contributed by atoms with E-state index in [-0.39, 0.29) is 0 Å². The number of hydrogen-bond acceptors (Lipinski definition) is 0. The van der Waals surface area contributed by atoms with E-state index < -0.39 is 0 Å². The highest BCUT2D eigenvalue weighted by Gasteiger charge is 2.21. The fourth-order valence-electron chi connectivity index (χ4n) is 10.6. The second-order valence-corrected chi connectivity index (χ2v) is 17.2. The van der Waals surface area contributed by atoms with E-state index in [0.717, 1.165) is 0 Å². The van der Waals surface area contributed by atoms with Crippen molar-refractivity contribution in [2.75, 3.05) is 0 Å². The Morgan fingerprint density at radius 1 is 0.172 bits per heavy atom. The molecule has 0 aliphatic carbocycles. The maximum Gasteiger partial charge on any atom is -0.00201 e. The highest BCUT2D eigenvalue weighted by Crippen LogP contribution is 2.48. The van der Waals surface area contributed by atoms with Crippen LogP contribution in [-0.2, 0) is 0 Å². The Balaban J connectivity index is 1.02. The van der Waals surface area contributed by atoms with Crippen LogP contribution >= 0.6 is 0 Å². The zero-order chi connectivity index (χ0) is 42.1. The standard InChI is InChI=1S/C64H40/c1-4-14-42(15-5-1)57-36-48-20-10-11-21-49(48)37-58(57)51-33-35-54-53-34-32-50(38-59(53)63(44-16-6-2-7-17-44)64(60(54)39-51)45-18-8-3-9-19-45)41-26-28-43(29-27-41)56-40-52-24-12-22-46-30-31-47-23-13-25-55(56)62(47)61(46)52/h1-40H. The van der Waals surface area contributed by atoms with Gasteiger partial charge in [0.2, 0.25) is 0 Å². The zero-order valence-corrected chi connectivity index (χ0v) is 35.1. The molecule has 296 valence electrons. The van der Waals surface area contributed by atoms with Crippen LogP contribution in [0, 0.1) is 0 Å². The van der Waals surface area contributed by atoms with Crippen LogP contribution in [-0.4, -0.2) is 0 Å². The summed E-state index contributed by atoms with van der Waals surface area (Å²) in [5.74, 6) is 0. The van der Waals surface area contributed by atoms with Crippen molar-refractivity contribution in [2.24, 2.45) is 0 Å². The van der Waals surface area contributed by atoms with Crippen molar-refractivity contribution in [2.45, 2.75) is 0 Å². The second-order valence-electron chi connectivity index (χ2n) is 17.2. The first-order chi connectivity index (χ1) is 31.7. The van der Waals surface area contributed by atoms with Gasteiger partial charge in [-0.2, -0.15) is 0 Å². The molecule has 0 saturated carbocycles. The summed E-state index contributed by atoms with van der Waals surface area (Å²) >= 11 is 0. The quantitative estimate of drug-likeness (QED) is 0.147. The molecule has 0 aliphatic heterocycles. The molecule has 0 saturated heterocycles. The van der Waals surface area contributed by atoms with Crippen LogP contribution in [0.4, 0.5) is 0 Å². The maximum absolute atomic E-state index is 2.45. The van der Waals surface area contributed by atoms with Crippen LogP contribution < -0.4 is 0 Å². The van der Waals surface area contributed by atoms with Crippen molar-refractivity contribution in [1.82, 2.24) is 0 Å². The molecule has 0 aliphatic rings.